The first kappa shape index (κ1) is 19.0. The van der Waals surface area contributed by atoms with Crippen molar-refractivity contribution >= 4 is 11.3 Å². The van der Waals surface area contributed by atoms with Crippen LogP contribution in [0.25, 0.3) is 0 Å². The van der Waals surface area contributed by atoms with Crippen molar-refractivity contribution < 1.29 is 14.2 Å². The minimum Gasteiger partial charge on any atom is -0.496 e. The fourth-order valence-electron chi connectivity index (χ4n) is 3.52. The molecule has 0 amide bonds. The lowest BCUT2D eigenvalue weighted by atomic mass is 10.0. The van der Waals surface area contributed by atoms with Crippen LogP contribution in [0, 0.1) is 6.92 Å². The first-order chi connectivity index (χ1) is 12.7. The molecule has 1 unspecified atom stereocenters. The zero-order chi connectivity index (χ0) is 18.5. The van der Waals surface area contributed by atoms with Crippen molar-refractivity contribution in [3.8, 4) is 17.2 Å². The second-order valence-corrected chi connectivity index (χ2v) is 7.76. The van der Waals surface area contributed by atoms with Crippen molar-refractivity contribution in [3.63, 3.8) is 0 Å². The predicted octanol–water partition coefficient (Wildman–Crippen LogP) is 3.47. The van der Waals surface area contributed by atoms with E-state index in [4.69, 9.17) is 14.2 Å². The smallest absolute Gasteiger partial charge is 0.164 e. The van der Waals surface area contributed by atoms with E-state index < -0.39 is 0 Å². The van der Waals surface area contributed by atoms with Gasteiger partial charge in [0, 0.05) is 41.0 Å². The number of aryl methyl sites for hydroxylation is 1. The maximum absolute atomic E-state index is 5.75. The van der Waals surface area contributed by atoms with Gasteiger partial charge in [-0.1, -0.05) is 0 Å². The summed E-state index contributed by atoms with van der Waals surface area (Å²) in [5.41, 5.74) is 1.12. The minimum absolute atomic E-state index is 0.142. The Morgan fingerprint density at radius 2 is 1.69 bits per heavy atom. The summed E-state index contributed by atoms with van der Waals surface area (Å²) in [6, 6.07) is 8.56. The van der Waals surface area contributed by atoms with Crippen molar-refractivity contribution in [1.29, 1.82) is 0 Å². The summed E-state index contributed by atoms with van der Waals surface area (Å²) < 4.78 is 16.8. The van der Waals surface area contributed by atoms with E-state index in [1.54, 1.807) is 21.3 Å². The number of hydrogen-bond acceptors (Lipinski definition) is 6. The number of methoxy groups -OCH3 is 3. The molecule has 0 spiro atoms. The van der Waals surface area contributed by atoms with Gasteiger partial charge in [-0.15, -0.1) is 11.3 Å². The number of nitrogens with zero attached hydrogens (tertiary/aromatic N) is 1. The van der Waals surface area contributed by atoms with Crippen molar-refractivity contribution in [1.82, 2.24) is 10.2 Å². The third kappa shape index (κ3) is 3.98. The van der Waals surface area contributed by atoms with E-state index in [-0.39, 0.29) is 6.04 Å². The molecule has 1 saturated heterocycles. The fourth-order valence-corrected chi connectivity index (χ4v) is 4.55. The molecule has 1 fully saturated rings. The van der Waals surface area contributed by atoms with E-state index in [0.29, 0.717) is 5.75 Å². The van der Waals surface area contributed by atoms with Crippen molar-refractivity contribution in [2.75, 3.05) is 47.5 Å². The number of hydrogen-bond donors (Lipinski definition) is 1. The number of thiophene rings is 1. The highest BCUT2D eigenvalue weighted by atomic mass is 32.1. The van der Waals surface area contributed by atoms with Crippen LogP contribution in [-0.4, -0.2) is 52.4 Å². The van der Waals surface area contributed by atoms with E-state index in [9.17, 15) is 0 Å². The highest BCUT2D eigenvalue weighted by molar-refractivity contribution is 7.12. The summed E-state index contributed by atoms with van der Waals surface area (Å²) in [5.74, 6) is 2.25. The molecule has 6 heteroatoms. The molecule has 0 bridgehead atoms. The standard InChI is InChI=1S/C20H28N2O3S/c1-14-6-7-19(26-14)20(22-10-5-8-21-9-11-22)15-12-17(24-3)18(25-4)13-16(15)23-2/h6-7,12-13,20-21H,5,8-11H2,1-4H3. The third-order valence-corrected chi connectivity index (χ3v) is 5.85. The molecule has 142 valence electrons. The highest BCUT2D eigenvalue weighted by Crippen LogP contribution is 2.43. The van der Waals surface area contributed by atoms with Crippen LogP contribution in [-0.2, 0) is 0 Å². The zero-order valence-electron chi connectivity index (χ0n) is 16.0. The Kier molecular flexibility index (Phi) is 6.40. The van der Waals surface area contributed by atoms with Gasteiger partial charge in [-0.2, -0.15) is 0 Å². The SMILES string of the molecule is COc1cc(OC)c(C(c2ccc(C)s2)N2CCCNCC2)cc1OC. The molecule has 1 aliphatic heterocycles. The van der Waals surface area contributed by atoms with Crippen LogP contribution in [0.3, 0.4) is 0 Å². The van der Waals surface area contributed by atoms with Gasteiger partial charge in [0.15, 0.2) is 11.5 Å². The van der Waals surface area contributed by atoms with Crippen LogP contribution < -0.4 is 19.5 Å². The molecule has 1 aromatic heterocycles. The maximum atomic E-state index is 5.75. The van der Waals surface area contributed by atoms with Crippen molar-refractivity contribution in [2.24, 2.45) is 0 Å². The summed E-state index contributed by atoms with van der Waals surface area (Å²) >= 11 is 1.84. The van der Waals surface area contributed by atoms with Crippen LogP contribution in [0.4, 0.5) is 0 Å². The summed E-state index contributed by atoms with van der Waals surface area (Å²) in [6.07, 6.45) is 1.14. The van der Waals surface area contributed by atoms with Crippen molar-refractivity contribution in [2.45, 2.75) is 19.4 Å². The number of benzene rings is 1. The molecular weight excluding hydrogens is 348 g/mol. The molecule has 1 N–H and O–H groups in total. The third-order valence-electron chi connectivity index (χ3n) is 4.80. The Labute approximate surface area is 159 Å². The number of rotatable bonds is 6. The lowest BCUT2D eigenvalue weighted by Crippen LogP contribution is -2.32. The lowest BCUT2D eigenvalue weighted by Gasteiger charge is -2.31. The fraction of sp³-hybridized carbons (Fsp3) is 0.500. The average molecular weight is 377 g/mol. The van der Waals surface area contributed by atoms with E-state index >= 15 is 0 Å². The molecule has 26 heavy (non-hydrogen) atoms. The minimum atomic E-state index is 0.142. The quantitative estimate of drug-likeness (QED) is 0.836. The van der Waals surface area contributed by atoms with Crippen LogP contribution >= 0.6 is 11.3 Å². The first-order valence-electron chi connectivity index (χ1n) is 8.99. The molecule has 0 saturated carbocycles. The van der Waals surface area contributed by atoms with E-state index in [2.05, 4.69) is 35.3 Å². The Balaban J connectivity index is 2.11. The molecule has 0 radical (unpaired) electrons. The highest BCUT2D eigenvalue weighted by Gasteiger charge is 2.28. The lowest BCUT2D eigenvalue weighted by molar-refractivity contribution is 0.238. The van der Waals surface area contributed by atoms with Crippen LogP contribution in [0.15, 0.2) is 24.3 Å². The van der Waals surface area contributed by atoms with Gasteiger partial charge in [0.2, 0.25) is 0 Å². The molecule has 1 atom stereocenters. The van der Waals surface area contributed by atoms with Gasteiger partial charge in [-0.25, -0.2) is 0 Å². The Morgan fingerprint density at radius 3 is 2.35 bits per heavy atom. The van der Waals surface area contributed by atoms with Crippen LogP contribution in [0.5, 0.6) is 17.2 Å². The largest absolute Gasteiger partial charge is 0.496 e. The second kappa shape index (κ2) is 8.75. The number of ether oxygens (including phenoxy) is 3. The summed E-state index contributed by atoms with van der Waals surface area (Å²) in [4.78, 5) is 5.18. The Hall–Kier alpha value is -1.76. The molecular formula is C20H28N2O3S. The summed E-state index contributed by atoms with van der Waals surface area (Å²) in [6.45, 7) is 6.26. The predicted molar refractivity (Wildman–Crippen MR) is 106 cm³/mol. The van der Waals surface area contributed by atoms with Gasteiger partial charge in [0.1, 0.15) is 5.75 Å². The molecule has 0 aliphatic carbocycles. The average Bonchev–Trinajstić information content (AvgIpc) is 2.92. The molecule has 3 rings (SSSR count). The molecule has 1 aromatic carbocycles. The maximum Gasteiger partial charge on any atom is 0.164 e. The summed E-state index contributed by atoms with van der Waals surface area (Å²) in [7, 11) is 5.04. The van der Waals surface area contributed by atoms with Crippen LogP contribution in [0.1, 0.15) is 27.8 Å². The zero-order valence-corrected chi connectivity index (χ0v) is 16.8. The van der Waals surface area contributed by atoms with Gasteiger partial charge in [-0.3, -0.25) is 4.90 Å². The van der Waals surface area contributed by atoms with Gasteiger partial charge in [0.05, 0.1) is 27.4 Å². The van der Waals surface area contributed by atoms with E-state index in [1.165, 1.54) is 9.75 Å². The molecule has 5 nitrogen and oxygen atoms in total. The van der Waals surface area contributed by atoms with Gasteiger partial charge < -0.3 is 19.5 Å². The van der Waals surface area contributed by atoms with Crippen LogP contribution in [0.2, 0.25) is 0 Å². The first-order valence-corrected chi connectivity index (χ1v) is 9.80. The van der Waals surface area contributed by atoms with Gasteiger partial charge >= 0.3 is 0 Å². The molecule has 2 aromatic rings. The van der Waals surface area contributed by atoms with Gasteiger partial charge in [0.25, 0.3) is 0 Å². The molecule has 1 aliphatic rings. The van der Waals surface area contributed by atoms with Crippen molar-refractivity contribution in [3.05, 3.63) is 39.6 Å². The molecule has 2 heterocycles. The van der Waals surface area contributed by atoms with Gasteiger partial charge in [-0.05, 0) is 38.1 Å². The second-order valence-electron chi connectivity index (χ2n) is 6.44. The number of nitrogens with one attached hydrogen (secondary N) is 1. The topological polar surface area (TPSA) is 43.0 Å². The van der Waals surface area contributed by atoms with E-state index in [0.717, 1.165) is 49.7 Å². The Morgan fingerprint density at radius 1 is 0.962 bits per heavy atom. The Bertz CT molecular complexity index is 724. The van der Waals surface area contributed by atoms with E-state index in [1.807, 2.05) is 17.4 Å². The normalized spacial score (nSPS) is 16.8. The summed E-state index contributed by atoms with van der Waals surface area (Å²) in [5, 5.41) is 3.50. The monoisotopic (exact) mass is 376 g/mol.